The Labute approximate surface area is 214 Å². The molecule has 2 unspecified atom stereocenters. The summed E-state index contributed by atoms with van der Waals surface area (Å²) in [6.45, 7) is 2.71. The Balaban J connectivity index is 1.15. The van der Waals surface area contributed by atoms with Crippen LogP contribution in [0.15, 0.2) is 84.9 Å². The Bertz CT molecular complexity index is 1070. The number of rotatable bonds is 9. The van der Waals surface area contributed by atoms with E-state index in [4.69, 9.17) is 10.5 Å². The molecule has 0 radical (unpaired) electrons. The summed E-state index contributed by atoms with van der Waals surface area (Å²) in [6, 6.07) is 29.6. The van der Waals surface area contributed by atoms with E-state index in [1.54, 1.807) is 0 Å². The normalized spacial score (nSPS) is 20.9. The van der Waals surface area contributed by atoms with Gasteiger partial charge in [-0.2, -0.15) is 0 Å². The molecule has 2 heterocycles. The van der Waals surface area contributed by atoms with Gasteiger partial charge in [0, 0.05) is 37.8 Å². The number of nitrogens with zero attached hydrogens (tertiary/aromatic N) is 2. The Morgan fingerprint density at radius 1 is 0.861 bits per heavy atom. The number of nitrogens with one attached hydrogen (secondary N) is 1. The molecule has 3 aromatic rings. The number of fused-ring (bicyclic) bond motifs is 2. The second kappa shape index (κ2) is 11.5. The van der Waals surface area contributed by atoms with Gasteiger partial charge in [-0.05, 0) is 48.9 Å². The molecule has 1 amide bonds. The maximum absolute atomic E-state index is 13.1. The molecular weight excluding hydrogens is 448 g/mol. The topological polar surface area (TPSA) is 70.8 Å². The molecule has 2 atom stereocenters. The fraction of sp³-hybridized carbons (Fsp3) is 0.367. The molecule has 2 aliphatic rings. The van der Waals surface area contributed by atoms with Crippen LogP contribution in [0.5, 0.6) is 0 Å². The summed E-state index contributed by atoms with van der Waals surface area (Å²) in [5.41, 5.74) is 10.4. The van der Waals surface area contributed by atoms with Gasteiger partial charge >= 0.3 is 6.09 Å². The molecule has 2 bridgehead atoms. The third kappa shape index (κ3) is 6.00. The van der Waals surface area contributed by atoms with Crippen LogP contribution in [0.3, 0.4) is 0 Å². The van der Waals surface area contributed by atoms with Crippen molar-refractivity contribution in [1.82, 2.24) is 9.80 Å². The fourth-order valence-electron chi connectivity index (χ4n) is 5.68. The number of nitrogen functional groups attached to an aromatic ring is 1. The van der Waals surface area contributed by atoms with Gasteiger partial charge in [0.25, 0.3) is 0 Å². The highest BCUT2D eigenvalue weighted by Crippen LogP contribution is 2.37. The van der Waals surface area contributed by atoms with Crippen molar-refractivity contribution in [3.05, 3.63) is 96.1 Å². The second-order valence-electron chi connectivity index (χ2n) is 9.99. The van der Waals surface area contributed by atoms with Crippen molar-refractivity contribution in [1.29, 1.82) is 0 Å². The minimum absolute atomic E-state index is 0.167. The number of nitrogens with two attached hydrogens (primary N) is 1. The molecule has 5 rings (SSSR count). The van der Waals surface area contributed by atoms with Crippen LogP contribution in [0, 0.1) is 0 Å². The highest BCUT2D eigenvalue weighted by atomic mass is 16.6. The molecule has 2 aliphatic heterocycles. The Morgan fingerprint density at radius 2 is 1.42 bits per heavy atom. The van der Waals surface area contributed by atoms with Crippen molar-refractivity contribution < 1.29 is 9.53 Å². The molecular formula is C30H36N4O2. The maximum atomic E-state index is 13.1. The number of piperidine rings is 1. The van der Waals surface area contributed by atoms with E-state index >= 15 is 0 Å². The van der Waals surface area contributed by atoms with Crippen molar-refractivity contribution >= 4 is 17.5 Å². The molecule has 2 saturated heterocycles. The summed E-state index contributed by atoms with van der Waals surface area (Å²) in [4.78, 5) is 17.5. The fourth-order valence-corrected chi connectivity index (χ4v) is 5.68. The zero-order valence-corrected chi connectivity index (χ0v) is 20.8. The molecule has 0 aliphatic carbocycles. The summed E-state index contributed by atoms with van der Waals surface area (Å²) >= 11 is 0. The van der Waals surface area contributed by atoms with Crippen LogP contribution in [0.1, 0.15) is 36.8 Å². The molecule has 3 N–H and O–H groups in total. The van der Waals surface area contributed by atoms with Crippen LogP contribution in [0.4, 0.5) is 16.2 Å². The van der Waals surface area contributed by atoms with E-state index in [1.165, 1.54) is 11.1 Å². The summed E-state index contributed by atoms with van der Waals surface area (Å²) < 4.78 is 5.85. The van der Waals surface area contributed by atoms with Gasteiger partial charge in [0.15, 0.2) is 0 Å². The van der Waals surface area contributed by atoms with Gasteiger partial charge in [0.05, 0.1) is 11.4 Å². The third-order valence-corrected chi connectivity index (χ3v) is 7.40. The van der Waals surface area contributed by atoms with Crippen molar-refractivity contribution in [2.45, 2.75) is 56.9 Å². The van der Waals surface area contributed by atoms with Gasteiger partial charge < -0.3 is 20.7 Å². The zero-order valence-electron chi connectivity index (χ0n) is 20.8. The molecule has 0 saturated carbocycles. The highest BCUT2D eigenvalue weighted by Gasteiger charge is 2.44. The molecule has 0 aromatic heterocycles. The van der Waals surface area contributed by atoms with Gasteiger partial charge in [-0.25, -0.2) is 4.79 Å². The number of ether oxygens (including phenoxy) is 1. The van der Waals surface area contributed by atoms with Crippen molar-refractivity contribution in [3.8, 4) is 0 Å². The zero-order chi connectivity index (χ0) is 24.7. The number of anilines is 2. The van der Waals surface area contributed by atoms with Crippen LogP contribution >= 0.6 is 0 Å². The number of benzene rings is 3. The molecule has 2 fully saturated rings. The summed E-state index contributed by atoms with van der Waals surface area (Å²) in [7, 11) is 0. The van der Waals surface area contributed by atoms with Crippen molar-refractivity contribution in [2.24, 2.45) is 0 Å². The van der Waals surface area contributed by atoms with E-state index in [1.807, 2.05) is 41.3 Å². The smallest absolute Gasteiger partial charge is 0.410 e. The molecule has 6 nitrogen and oxygen atoms in total. The first-order chi connectivity index (χ1) is 17.7. The minimum Gasteiger partial charge on any atom is -0.448 e. The van der Waals surface area contributed by atoms with Gasteiger partial charge in [-0.3, -0.25) is 4.90 Å². The summed E-state index contributed by atoms with van der Waals surface area (Å²) in [6.07, 6.45) is 3.76. The lowest BCUT2D eigenvalue weighted by Gasteiger charge is -2.39. The summed E-state index contributed by atoms with van der Waals surface area (Å²) in [5, 5.41) is 3.60. The first-order valence-electron chi connectivity index (χ1n) is 13.0. The van der Waals surface area contributed by atoms with Crippen molar-refractivity contribution in [3.63, 3.8) is 0 Å². The van der Waals surface area contributed by atoms with E-state index in [-0.39, 0.29) is 18.2 Å². The van der Waals surface area contributed by atoms with E-state index in [2.05, 4.69) is 58.7 Å². The van der Waals surface area contributed by atoms with Gasteiger partial charge in [0.2, 0.25) is 0 Å². The van der Waals surface area contributed by atoms with E-state index in [9.17, 15) is 4.79 Å². The lowest BCUT2D eigenvalue weighted by Crippen LogP contribution is -2.50. The van der Waals surface area contributed by atoms with Crippen molar-refractivity contribution in [2.75, 3.05) is 24.2 Å². The average Bonchev–Trinajstić information content (AvgIpc) is 3.17. The molecule has 3 aromatic carbocycles. The molecule has 188 valence electrons. The minimum atomic E-state index is -0.167. The predicted molar refractivity (Wildman–Crippen MR) is 144 cm³/mol. The summed E-state index contributed by atoms with van der Waals surface area (Å²) in [5.74, 6) is 0. The molecule has 36 heavy (non-hydrogen) atoms. The van der Waals surface area contributed by atoms with Crippen LogP contribution in [-0.4, -0.2) is 47.2 Å². The Morgan fingerprint density at radius 3 is 2.00 bits per heavy atom. The average molecular weight is 485 g/mol. The SMILES string of the molecule is Nc1ccccc1NC1CC2CCC(C1)N2C(=O)OCCN(Cc1ccccc1)Cc1ccccc1. The molecule has 6 heteroatoms. The standard InChI is InChI=1S/C30H36N4O2/c31-28-13-7-8-14-29(28)32-25-19-26-15-16-27(20-25)34(26)30(35)36-18-17-33(21-23-9-3-1-4-10-23)22-24-11-5-2-6-12-24/h1-14,25-27,32H,15-22,31H2. The van der Waals surface area contributed by atoms with Gasteiger partial charge in [-0.15, -0.1) is 0 Å². The highest BCUT2D eigenvalue weighted by molar-refractivity contribution is 5.70. The predicted octanol–water partition coefficient (Wildman–Crippen LogP) is 5.52. The third-order valence-electron chi connectivity index (χ3n) is 7.40. The number of carbonyl (C=O) groups excluding carboxylic acids is 1. The van der Waals surface area contributed by atoms with E-state index in [0.717, 1.165) is 50.1 Å². The number of hydrogen-bond donors (Lipinski definition) is 2. The van der Waals surface area contributed by atoms with E-state index < -0.39 is 0 Å². The number of amides is 1. The van der Waals surface area contributed by atoms with Crippen LogP contribution < -0.4 is 11.1 Å². The van der Waals surface area contributed by atoms with Gasteiger partial charge in [-0.1, -0.05) is 72.8 Å². The quantitative estimate of drug-likeness (QED) is 0.392. The molecule has 0 spiro atoms. The first-order valence-corrected chi connectivity index (χ1v) is 13.0. The number of para-hydroxylation sites is 2. The largest absolute Gasteiger partial charge is 0.448 e. The maximum Gasteiger partial charge on any atom is 0.410 e. The Kier molecular flexibility index (Phi) is 7.72. The first kappa shape index (κ1) is 24.2. The number of hydrogen-bond acceptors (Lipinski definition) is 5. The second-order valence-corrected chi connectivity index (χ2v) is 9.99. The van der Waals surface area contributed by atoms with Gasteiger partial charge in [0.1, 0.15) is 6.61 Å². The van der Waals surface area contributed by atoms with Crippen LogP contribution in [-0.2, 0) is 17.8 Å². The van der Waals surface area contributed by atoms with Crippen LogP contribution in [0.25, 0.3) is 0 Å². The number of carbonyl (C=O) groups is 1. The Hall–Kier alpha value is -3.51. The lowest BCUT2D eigenvalue weighted by molar-refractivity contribution is 0.0589. The van der Waals surface area contributed by atoms with Crippen LogP contribution in [0.2, 0.25) is 0 Å². The lowest BCUT2D eigenvalue weighted by atomic mass is 9.97. The van der Waals surface area contributed by atoms with E-state index in [0.29, 0.717) is 19.2 Å². The monoisotopic (exact) mass is 484 g/mol.